The van der Waals surface area contributed by atoms with Gasteiger partial charge in [0.2, 0.25) is 0 Å². The van der Waals surface area contributed by atoms with Crippen LogP contribution in [0.5, 0.6) is 0 Å². The molecule has 0 aromatic heterocycles. The number of hydrogen-bond donors (Lipinski definition) is 0. The van der Waals surface area contributed by atoms with Crippen LogP contribution in [0.2, 0.25) is 0 Å². The second kappa shape index (κ2) is 13.9. The van der Waals surface area contributed by atoms with Crippen molar-refractivity contribution in [3.63, 3.8) is 0 Å². The number of rotatable bonds is 13. The third-order valence-electron chi connectivity index (χ3n) is 9.63. The predicted octanol–water partition coefficient (Wildman–Crippen LogP) is 8.31. The van der Waals surface area contributed by atoms with Crippen LogP contribution in [0.25, 0.3) is 0 Å². The fraction of sp³-hybridized carbons (Fsp3) is 0.462. The molecule has 43 heavy (non-hydrogen) atoms. The van der Waals surface area contributed by atoms with Gasteiger partial charge >= 0.3 is 0 Å². The van der Waals surface area contributed by atoms with Gasteiger partial charge in [0.25, 0.3) is 0 Å². The zero-order valence-electron chi connectivity index (χ0n) is 27.0. The fourth-order valence-electron chi connectivity index (χ4n) is 6.68. The minimum Gasteiger partial charge on any atom is -0.374 e. The summed E-state index contributed by atoms with van der Waals surface area (Å²) in [6.07, 6.45) is 1.90. The molecule has 0 amide bonds. The SMILES string of the molecule is Cc1cccc(C(=O)CC(Cc2ccccc2)C(C)C(=O)C2COC(C)(C)C2C(=O)CCc2cccc(C(C)C)c2)c1C. The second-order valence-electron chi connectivity index (χ2n) is 13.4. The Morgan fingerprint density at radius 1 is 0.884 bits per heavy atom. The first-order valence-corrected chi connectivity index (χ1v) is 15.8. The number of ketones is 3. The predicted molar refractivity (Wildman–Crippen MR) is 174 cm³/mol. The molecule has 3 aromatic rings. The van der Waals surface area contributed by atoms with E-state index in [4.69, 9.17) is 4.74 Å². The lowest BCUT2D eigenvalue weighted by Gasteiger charge is -2.30. The van der Waals surface area contributed by atoms with Crippen LogP contribution in [0.1, 0.15) is 91.6 Å². The van der Waals surface area contributed by atoms with Crippen LogP contribution < -0.4 is 0 Å². The van der Waals surface area contributed by atoms with E-state index in [0.29, 0.717) is 25.2 Å². The van der Waals surface area contributed by atoms with Gasteiger partial charge in [-0.25, -0.2) is 0 Å². The first-order chi connectivity index (χ1) is 20.4. The zero-order chi connectivity index (χ0) is 31.3. The van der Waals surface area contributed by atoms with Gasteiger partial charge in [0, 0.05) is 24.3 Å². The van der Waals surface area contributed by atoms with E-state index in [1.165, 1.54) is 5.56 Å². The molecule has 1 aliphatic heterocycles. The molecule has 228 valence electrons. The maximum Gasteiger partial charge on any atom is 0.163 e. The van der Waals surface area contributed by atoms with Crippen molar-refractivity contribution in [2.24, 2.45) is 23.7 Å². The molecule has 1 saturated heterocycles. The summed E-state index contributed by atoms with van der Waals surface area (Å²) in [5.41, 5.74) is 5.56. The number of ether oxygens (including phenoxy) is 1. The molecule has 0 spiro atoms. The van der Waals surface area contributed by atoms with Crippen LogP contribution in [0.15, 0.2) is 72.8 Å². The molecule has 1 aliphatic rings. The van der Waals surface area contributed by atoms with Crippen LogP contribution in [0, 0.1) is 37.5 Å². The molecule has 1 fully saturated rings. The van der Waals surface area contributed by atoms with Crippen LogP contribution in [0.3, 0.4) is 0 Å². The molecule has 0 bridgehead atoms. The largest absolute Gasteiger partial charge is 0.374 e. The summed E-state index contributed by atoms with van der Waals surface area (Å²) in [6, 6.07) is 24.3. The van der Waals surface area contributed by atoms with E-state index in [2.05, 4.69) is 50.2 Å². The fourth-order valence-corrected chi connectivity index (χ4v) is 6.68. The molecule has 4 unspecified atom stereocenters. The van der Waals surface area contributed by atoms with Gasteiger partial charge in [-0.05, 0) is 80.2 Å². The molecule has 1 heterocycles. The Hall–Kier alpha value is -3.37. The summed E-state index contributed by atoms with van der Waals surface area (Å²) in [7, 11) is 0. The van der Waals surface area contributed by atoms with Crippen molar-refractivity contribution in [1.82, 2.24) is 0 Å². The Morgan fingerprint density at radius 2 is 1.56 bits per heavy atom. The van der Waals surface area contributed by atoms with Crippen LogP contribution in [0.4, 0.5) is 0 Å². The number of Topliss-reactive ketones (excluding diaryl/α,β-unsaturated/α-hetero) is 3. The van der Waals surface area contributed by atoms with Crippen molar-refractivity contribution < 1.29 is 19.1 Å². The van der Waals surface area contributed by atoms with E-state index in [1.54, 1.807) is 0 Å². The molecule has 0 saturated carbocycles. The summed E-state index contributed by atoms with van der Waals surface area (Å²) >= 11 is 0. The van der Waals surface area contributed by atoms with Gasteiger partial charge in [0.05, 0.1) is 24.0 Å². The highest BCUT2D eigenvalue weighted by atomic mass is 16.5. The third kappa shape index (κ3) is 7.78. The number of benzene rings is 3. The minimum atomic E-state index is -0.722. The summed E-state index contributed by atoms with van der Waals surface area (Å²) in [5.74, 6) is -1.05. The topological polar surface area (TPSA) is 60.4 Å². The zero-order valence-corrected chi connectivity index (χ0v) is 27.0. The lowest BCUT2D eigenvalue weighted by atomic mass is 9.71. The van der Waals surface area contributed by atoms with Crippen molar-refractivity contribution in [1.29, 1.82) is 0 Å². The van der Waals surface area contributed by atoms with E-state index in [9.17, 15) is 14.4 Å². The molecule has 4 atom stereocenters. The van der Waals surface area contributed by atoms with Gasteiger partial charge in [-0.15, -0.1) is 0 Å². The lowest BCUT2D eigenvalue weighted by Crippen LogP contribution is -2.41. The van der Waals surface area contributed by atoms with E-state index in [-0.39, 0.29) is 36.3 Å². The van der Waals surface area contributed by atoms with E-state index in [0.717, 1.165) is 27.8 Å². The summed E-state index contributed by atoms with van der Waals surface area (Å²) in [6.45, 7) is 14.4. The minimum absolute atomic E-state index is 0.0282. The number of aryl methyl sites for hydroxylation is 2. The number of hydrogen-bond acceptors (Lipinski definition) is 4. The first-order valence-electron chi connectivity index (χ1n) is 15.8. The highest BCUT2D eigenvalue weighted by molar-refractivity contribution is 5.98. The van der Waals surface area contributed by atoms with Gasteiger partial charge in [-0.1, -0.05) is 93.6 Å². The van der Waals surface area contributed by atoms with Gasteiger partial charge in [-0.3, -0.25) is 14.4 Å². The van der Waals surface area contributed by atoms with Crippen LogP contribution >= 0.6 is 0 Å². The van der Waals surface area contributed by atoms with E-state index in [1.807, 2.05) is 71.0 Å². The van der Waals surface area contributed by atoms with E-state index >= 15 is 0 Å². The standard InChI is InChI=1S/C39H48O4/c1-25(2)31-17-12-16-30(21-31)19-20-35(40)37-34(24-43-39(37,6)7)38(42)28(5)32(22-29-14-9-8-10-15-29)23-36(41)33-18-11-13-26(3)27(33)4/h8-18,21,25,28,32,34,37H,19-20,22-24H2,1-7H3. The number of carbonyl (C=O) groups excluding carboxylic acids is 3. The van der Waals surface area contributed by atoms with Gasteiger partial charge in [0.1, 0.15) is 11.6 Å². The molecule has 0 radical (unpaired) electrons. The maximum absolute atomic E-state index is 14.3. The third-order valence-corrected chi connectivity index (χ3v) is 9.63. The first kappa shape index (κ1) is 32.5. The Bertz CT molecular complexity index is 1430. The average molecular weight is 581 g/mol. The van der Waals surface area contributed by atoms with Gasteiger partial charge < -0.3 is 4.74 Å². The van der Waals surface area contributed by atoms with Crippen molar-refractivity contribution in [2.45, 2.75) is 85.7 Å². The highest BCUT2D eigenvalue weighted by Gasteiger charge is 2.51. The smallest absolute Gasteiger partial charge is 0.163 e. The van der Waals surface area contributed by atoms with Crippen LogP contribution in [-0.4, -0.2) is 29.6 Å². The molecule has 4 rings (SSSR count). The lowest BCUT2D eigenvalue weighted by molar-refractivity contribution is -0.135. The molecular weight excluding hydrogens is 532 g/mol. The monoisotopic (exact) mass is 580 g/mol. The molecule has 4 heteroatoms. The maximum atomic E-state index is 14.3. The van der Waals surface area contributed by atoms with Gasteiger partial charge in [0.15, 0.2) is 5.78 Å². The molecular formula is C39H48O4. The van der Waals surface area contributed by atoms with Crippen molar-refractivity contribution >= 4 is 17.3 Å². The molecule has 3 aromatic carbocycles. The Labute approximate surface area is 258 Å². The summed E-state index contributed by atoms with van der Waals surface area (Å²) in [5, 5.41) is 0. The van der Waals surface area contributed by atoms with Gasteiger partial charge in [-0.2, -0.15) is 0 Å². The Balaban J connectivity index is 1.54. The Kier molecular flexibility index (Phi) is 10.6. The second-order valence-corrected chi connectivity index (χ2v) is 13.4. The molecule has 4 nitrogen and oxygen atoms in total. The number of carbonyl (C=O) groups is 3. The summed E-state index contributed by atoms with van der Waals surface area (Å²) in [4.78, 5) is 41.7. The van der Waals surface area contributed by atoms with Crippen molar-refractivity contribution in [3.05, 3.63) is 106 Å². The normalized spacial score (nSPS) is 19.3. The quantitative estimate of drug-likeness (QED) is 0.191. The average Bonchev–Trinajstić information content (AvgIpc) is 3.31. The van der Waals surface area contributed by atoms with E-state index < -0.39 is 23.4 Å². The molecule has 0 aliphatic carbocycles. The van der Waals surface area contributed by atoms with Crippen molar-refractivity contribution in [3.8, 4) is 0 Å². The summed E-state index contributed by atoms with van der Waals surface area (Å²) < 4.78 is 6.13. The Morgan fingerprint density at radius 3 is 2.26 bits per heavy atom. The highest BCUT2D eigenvalue weighted by Crippen LogP contribution is 2.41. The van der Waals surface area contributed by atoms with Crippen molar-refractivity contribution in [2.75, 3.05) is 6.61 Å². The molecule has 0 N–H and O–H groups in total. The van der Waals surface area contributed by atoms with Crippen LogP contribution in [-0.2, 0) is 27.2 Å².